The van der Waals surface area contributed by atoms with Crippen LogP contribution in [0.2, 0.25) is 0 Å². The van der Waals surface area contributed by atoms with Gasteiger partial charge in [0, 0.05) is 30.5 Å². The van der Waals surface area contributed by atoms with Gasteiger partial charge in [0.15, 0.2) is 7.98 Å². The molecule has 5 nitrogen and oxygen atoms in total. The maximum atomic E-state index is 12.9. The van der Waals surface area contributed by atoms with Crippen molar-refractivity contribution in [2.75, 3.05) is 24.5 Å². The molecule has 3 heterocycles. The quantitative estimate of drug-likeness (QED) is 0.843. The maximum Gasteiger partial charge on any atom is 0.234 e. The van der Waals surface area contributed by atoms with E-state index in [-0.39, 0.29) is 5.41 Å². The lowest BCUT2D eigenvalue weighted by Crippen LogP contribution is -2.36. The van der Waals surface area contributed by atoms with Crippen molar-refractivity contribution in [3.05, 3.63) is 36.7 Å². The molecule has 112 valence electrons. The van der Waals surface area contributed by atoms with E-state index in [0.717, 1.165) is 49.3 Å². The summed E-state index contributed by atoms with van der Waals surface area (Å²) in [7, 11) is 2.10. The Kier molecular flexibility index (Phi) is 3.08. The first kappa shape index (κ1) is 13.6. The van der Waals surface area contributed by atoms with E-state index in [2.05, 4.69) is 35.1 Å². The Morgan fingerprint density at radius 3 is 2.55 bits per heavy atom. The second-order valence-electron chi connectivity index (χ2n) is 6.51. The molecule has 1 amide bonds. The number of anilines is 1. The van der Waals surface area contributed by atoms with E-state index in [4.69, 9.17) is 0 Å². The number of hydrogen-bond donors (Lipinski definition) is 1. The number of carbonyl (C=O) groups is 1. The summed E-state index contributed by atoms with van der Waals surface area (Å²) < 4.78 is 0. The number of aromatic nitrogens is 2. The fraction of sp³-hybridized carbons (Fsp3) is 0.375. The van der Waals surface area contributed by atoms with E-state index in [9.17, 15) is 4.79 Å². The fourth-order valence-corrected chi connectivity index (χ4v) is 3.77. The van der Waals surface area contributed by atoms with Gasteiger partial charge in [0.25, 0.3) is 0 Å². The van der Waals surface area contributed by atoms with Crippen molar-refractivity contribution in [2.45, 2.75) is 12.8 Å². The molecule has 2 aliphatic heterocycles. The summed E-state index contributed by atoms with van der Waals surface area (Å²) in [5, 5.41) is 6.79. The minimum absolute atomic E-state index is 0.141. The van der Waals surface area contributed by atoms with Crippen molar-refractivity contribution in [3.63, 3.8) is 0 Å². The molecule has 2 fully saturated rings. The van der Waals surface area contributed by atoms with Crippen molar-refractivity contribution in [1.29, 1.82) is 0 Å². The lowest BCUT2D eigenvalue weighted by atomic mass is 9.85. The highest BCUT2D eigenvalue weighted by atomic mass is 16.2. The average molecular weight is 294 g/mol. The summed E-state index contributed by atoms with van der Waals surface area (Å²) in [4.78, 5) is 17.1. The van der Waals surface area contributed by atoms with Gasteiger partial charge in [0.2, 0.25) is 5.91 Å². The molecule has 1 atom stereocenters. The van der Waals surface area contributed by atoms with Gasteiger partial charge < -0.3 is 9.71 Å². The van der Waals surface area contributed by atoms with Crippen LogP contribution in [0.1, 0.15) is 12.8 Å². The molecular formula is C16H19BN4O. The van der Waals surface area contributed by atoms with Gasteiger partial charge in [0.1, 0.15) is 0 Å². The molecule has 1 aromatic heterocycles. The molecule has 4 rings (SSSR count). The molecule has 2 aliphatic rings. The van der Waals surface area contributed by atoms with Gasteiger partial charge in [-0.05, 0) is 37.1 Å². The SMILES string of the molecule is BN1CCC2(CCN(c3ccc(-c4cn[nH]c4)cc3)C2=O)C1. The van der Waals surface area contributed by atoms with Gasteiger partial charge >= 0.3 is 0 Å². The van der Waals surface area contributed by atoms with Crippen molar-refractivity contribution in [3.8, 4) is 11.1 Å². The molecule has 1 N–H and O–H groups in total. The molecule has 0 bridgehead atoms. The molecule has 1 aromatic carbocycles. The Balaban J connectivity index is 1.57. The van der Waals surface area contributed by atoms with E-state index in [1.807, 2.05) is 23.2 Å². The first-order valence-corrected chi connectivity index (χ1v) is 7.78. The average Bonchev–Trinajstić information content (AvgIpc) is 3.24. The van der Waals surface area contributed by atoms with Gasteiger partial charge in [-0.25, -0.2) is 0 Å². The van der Waals surface area contributed by atoms with Crippen molar-refractivity contribution in [1.82, 2.24) is 15.0 Å². The number of carbonyl (C=O) groups excluding carboxylic acids is 1. The normalized spacial score (nSPS) is 25.5. The second kappa shape index (κ2) is 4.99. The monoisotopic (exact) mass is 294 g/mol. The van der Waals surface area contributed by atoms with Crippen LogP contribution in [0.4, 0.5) is 5.69 Å². The van der Waals surface area contributed by atoms with Crippen LogP contribution in [0.15, 0.2) is 36.7 Å². The number of H-pyrrole nitrogens is 1. The molecule has 0 aliphatic carbocycles. The zero-order chi connectivity index (χ0) is 15.2. The van der Waals surface area contributed by atoms with Gasteiger partial charge in [-0.1, -0.05) is 12.1 Å². The molecule has 6 heteroatoms. The molecule has 0 radical (unpaired) electrons. The Morgan fingerprint density at radius 2 is 1.91 bits per heavy atom. The zero-order valence-electron chi connectivity index (χ0n) is 12.7. The Bertz CT molecular complexity index is 685. The van der Waals surface area contributed by atoms with Crippen molar-refractivity contribution >= 4 is 19.6 Å². The predicted octanol–water partition coefficient (Wildman–Crippen LogP) is 1.05. The number of nitrogens with one attached hydrogen (secondary N) is 1. The van der Waals surface area contributed by atoms with Crippen molar-refractivity contribution in [2.24, 2.45) is 5.41 Å². The number of rotatable bonds is 2. The number of amides is 1. The predicted molar refractivity (Wildman–Crippen MR) is 88.2 cm³/mol. The van der Waals surface area contributed by atoms with E-state index in [0.29, 0.717) is 5.91 Å². The fourth-order valence-electron chi connectivity index (χ4n) is 3.77. The lowest BCUT2D eigenvalue weighted by molar-refractivity contribution is -0.124. The minimum Gasteiger partial charge on any atom is -0.348 e. The summed E-state index contributed by atoms with van der Waals surface area (Å²) >= 11 is 0. The molecule has 1 spiro atoms. The van der Waals surface area contributed by atoms with Crippen LogP contribution in [0.3, 0.4) is 0 Å². The molecule has 1 unspecified atom stereocenters. The molecule has 22 heavy (non-hydrogen) atoms. The van der Waals surface area contributed by atoms with Crippen LogP contribution in [0, 0.1) is 5.41 Å². The molecule has 2 saturated heterocycles. The third-order valence-corrected chi connectivity index (χ3v) is 5.07. The van der Waals surface area contributed by atoms with Crippen LogP contribution < -0.4 is 4.90 Å². The highest BCUT2D eigenvalue weighted by Gasteiger charge is 2.49. The number of nitrogens with zero attached hydrogens (tertiary/aromatic N) is 3. The first-order chi connectivity index (χ1) is 10.7. The van der Waals surface area contributed by atoms with Gasteiger partial charge in [-0.2, -0.15) is 5.10 Å². The Morgan fingerprint density at radius 1 is 1.14 bits per heavy atom. The summed E-state index contributed by atoms with van der Waals surface area (Å²) in [6.07, 6.45) is 5.64. The number of aromatic amines is 1. The van der Waals surface area contributed by atoms with Crippen LogP contribution >= 0.6 is 0 Å². The van der Waals surface area contributed by atoms with Gasteiger partial charge in [-0.15, -0.1) is 0 Å². The van der Waals surface area contributed by atoms with Crippen LogP contribution in [-0.2, 0) is 4.79 Å². The third kappa shape index (κ3) is 2.06. The Labute approximate surface area is 130 Å². The van der Waals surface area contributed by atoms with Crippen molar-refractivity contribution < 1.29 is 4.79 Å². The van der Waals surface area contributed by atoms with Gasteiger partial charge in [0.05, 0.1) is 11.6 Å². The third-order valence-electron chi connectivity index (χ3n) is 5.07. The lowest BCUT2D eigenvalue weighted by Gasteiger charge is -2.23. The summed E-state index contributed by atoms with van der Waals surface area (Å²) in [6.45, 7) is 2.76. The molecule has 0 saturated carbocycles. The standard InChI is InChI=1S/C16H19BN4O/c17-20-7-5-16(11-20)6-8-21(15(16)22)14-3-1-12(2-4-14)13-9-18-19-10-13/h1-4,9-10H,5-8,11,17H2,(H,18,19). The van der Waals surface area contributed by atoms with Crippen LogP contribution in [-0.4, -0.2) is 48.5 Å². The minimum atomic E-state index is -0.141. The summed E-state index contributed by atoms with van der Waals surface area (Å²) in [5.41, 5.74) is 3.04. The summed E-state index contributed by atoms with van der Waals surface area (Å²) in [5.74, 6) is 0.299. The summed E-state index contributed by atoms with van der Waals surface area (Å²) in [6, 6.07) is 8.19. The van der Waals surface area contributed by atoms with Gasteiger partial charge in [-0.3, -0.25) is 9.89 Å². The van der Waals surface area contributed by atoms with E-state index in [1.54, 1.807) is 6.20 Å². The van der Waals surface area contributed by atoms with Crippen LogP contribution in [0.5, 0.6) is 0 Å². The highest BCUT2D eigenvalue weighted by molar-refractivity contribution is 6.06. The molecular weight excluding hydrogens is 275 g/mol. The Hall–Kier alpha value is -2.08. The van der Waals surface area contributed by atoms with E-state index >= 15 is 0 Å². The highest BCUT2D eigenvalue weighted by Crippen LogP contribution is 2.41. The topological polar surface area (TPSA) is 52.2 Å². The zero-order valence-corrected chi connectivity index (χ0v) is 12.7. The number of benzene rings is 1. The molecule has 2 aromatic rings. The largest absolute Gasteiger partial charge is 0.348 e. The smallest absolute Gasteiger partial charge is 0.234 e. The van der Waals surface area contributed by atoms with E-state index < -0.39 is 0 Å². The second-order valence-corrected chi connectivity index (χ2v) is 6.51. The van der Waals surface area contributed by atoms with Crippen LogP contribution in [0.25, 0.3) is 11.1 Å². The maximum absolute atomic E-state index is 12.9. The first-order valence-electron chi connectivity index (χ1n) is 7.78. The van der Waals surface area contributed by atoms with E-state index in [1.165, 1.54) is 0 Å². The number of hydrogen-bond acceptors (Lipinski definition) is 3.